The van der Waals surface area contributed by atoms with E-state index in [4.69, 9.17) is 17.3 Å². The molecule has 0 unspecified atom stereocenters. The van der Waals surface area contributed by atoms with E-state index in [1.165, 1.54) is 0 Å². The molecule has 1 heterocycles. The van der Waals surface area contributed by atoms with E-state index in [1.54, 1.807) is 6.20 Å². The minimum atomic E-state index is 0.733. The first-order valence-corrected chi connectivity index (χ1v) is 6.68. The molecule has 98 valence electrons. The highest BCUT2D eigenvalue weighted by Gasteiger charge is 2.07. The Kier molecular flexibility index (Phi) is 3.40. The standard InChI is InChI=1S/C17H13ClN2/c18-14-5-1-12(2-6-14)16-9-10-20-11-17(16)13-3-7-15(19)8-4-13/h1-11H,19H2. The van der Waals surface area contributed by atoms with Gasteiger partial charge in [0.2, 0.25) is 0 Å². The van der Waals surface area contributed by atoms with Gasteiger partial charge < -0.3 is 5.73 Å². The summed E-state index contributed by atoms with van der Waals surface area (Å²) in [5, 5.41) is 0.733. The molecule has 0 atom stereocenters. The predicted octanol–water partition coefficient (Wildman–Crippen LogP) is 4.65. The molecule has 0 aliphatic heterocycles. The molecule has 3 aromatic rings. The molecule has 0 amide bonds. The van der Waals surface area contributed by atoms with Crippen LogP contribution in [0.25, 0.3) is 22.3 Å². The van der Waals surface area contributed by atoms with Crippen molar-refractivity contribution in [3.05, 3.63) is 72.0 Å². The fraction of sp³-hybridized carbons (Fsp3) is 0. The average Bonchev–Trinajstić information content (AvgIpc) is 2.49. The van der Waals surface area contributed by atoms with Gasteiger partial charge in [0.1, 0.15) is 0 Å². The monoisotopic (exact) mass is 280 g/mol. The summed E-state index contributed by atoms with van der Waals surface area (Å²) in [5.74, 6) is 0. The number of aromatic nitrogens is 1. The first-order valence-electron chi connectivity index (χ1n) is 6.30. The highest BCUT2D eigenvalue weighted by Crippen LogP contribution is 2.32. The summed E-state index contributed by atoms with van der Waals surface area (Å²) in [5.41, 5.74) is 10.9. The van der Waals surface area contributed by atoms with E-state index in [2.05, 4.69) is 4.98 Å². The topological polar surface area (TPSA) is 38.9 Å². The molecule has 0 aliphatic carbocycles. The lowest BCUT2D eigenvalue weighted by Gasteiger charge is -2.10. The Morgan fingerprint density at radius 3 is 2.05 bits per heavy atom. The van der Waals surface area contributed by atoms with Gasteiger partial charge in [-0.2, -0.15) is 0 Å². The van der Waals surface area contributed by atoms with Gasteiger partial charge >= 0.3 is 0 Å². The Labute approximate surface area is 122 Å². The van der Waals surface area contributed by atoms with Crippen molar-refractivity contribution in [3.8, 4) is 22.3 Å². The van der Waals surface area contributed by atoms with Crippen LogP contribution in [0.4, 0.5) is 5.69 Å². The van der Waals surface area contributed by atoms with Crippen LogP contribution >= 0.6 is 11.6 Å². The number of rotatable bonds is 2. The first-order chi connectivity index (χ1) is 9.74. The number of hydrogen-bond acceptors (Lipinski definition) is 2. The van der Waals surface area contributed by atoms with Crippen molar-refractivity contribution in [1.29, 1.82) is 0 Å². The summed E-state index contributed by atoms with van der Waals surface area (Å²) < 4.78 is 0. The first kappa shape index (κ1) is 12.7. The molecular weight excluding hydrogens is 268 g/mol. The zero-order valence-corrected chi connectivity index (χ0v) is 11.5. The average molecular weight is 281 g/mol. The van der Waals surface area contributed by atoms with E-state index in [0.717, 1.165) is 33.0 Å². The number of halogens is 1. The van der Waals surface area contributed by atoms with Gasteiger partial charge in [0.05, 0.1) is 0 Å². The fourth-order valence-electron chi connectivity index (χ4n) is 2.17. The van der Waals surface area contributed by atoms with Gasteiger partial charge in [0.25, 0.3) is 0 Å². The molecule has 2 aromatic carbocycles. The lowest BCUT2D eigenvalue weighted by atomic mass is 9.96. The number of benzene rings is 2. The van der Waals surface area contributed by atoms with Crippen LogP contribution in [0.5, 0.6) is 0 Å². The second-order valence-corrected chi connectivity index (χ2v) is 4.99. The van der Waals surface area contributed by atoms with Gasteiger partial charge in [0.15, 0.2) is 0 Å². The van der Waals surface area contributed by atoms with Crippen molar-refractivity contribution < 1.29 is 0 Å². The Morgan fingerprint density at radius 1 is 0.750 bits per heavy atom. The molecule has 3 rings (SSSR count). The van der Waals surface area contributed by atoms with E-state index in [1.807, 2.05) is 60.8 Å². The van der Waals surface area contributed by atoms with Crippen LogP contribution in [0.2, 0.25) is 5.02 Å². The van der Waals surface area contributed by atoms with Gasteiger partial charge in [-0.05, 0) is 47.0 Å². The van der Waals surface area contributed by atoms with Crippen LogP contribution in [-0.4, -0.2) is 4.98 Å². The summed E-state index contributed by atoms with van der Waals surface area (Å²) in [6.07, 6.45) is 3.67. The molecule has 0 fully saturated rings. The van der Waals surface area contributed by atoms with Crippen molar-refractivity contribution in [2.75, 3.05) is 5.73 Å². The van der Waals surface area contributed by atoms with Crippen LogP contribution in [-0.2, 0) is 0 Å². The van der Waals surface area contributed by atoms with Crippen molar-refractivity contribution in [2.24, 2.45) is 0 Å². The van der Waals surface area contributed by atoms with Crippen molar-refractivity contribution in [1.82, 2.24) is 4.98 Å². The van der Waals surface area contributed by atoms with Gasteiger partial charge in [-0.25, -0.2) is 0 Å². The highest BCUT2D eigenvalue weighted by molar-refractivity contribution is 6.30. The Hall–Kier alpha value is -2.32. The number of pyridine rings is 1. The second kappa shape index (κ2) is 5.35. The molecule has 0 saturated carbocycles. The summed E-state index contributed by atoms with van der Waals surface area (Å²) in [6, 6.07) is 17.6. The minimum absolute atomic E-state index is 0.733. The SMILES string of the molecule is Nc1ccc(-c2cnccc2-c2ccc(Cl)cc2)cc1. The molecule has 0 saturated heterocycles. The summed E-state index contributed by atoms with van der Waals surface area (Å²) in [6.45, 7) is 0. The minimum Gasteiger partial charge on any atom is -0.399 e. The fourth-order valence-corrected chi connectivity index (χ4v) is 2.29. The highest BCUT2D eigenvalue weighted by atomic mass is 35.5. The largest absolute Gasteiger partial charge is 0.399 e. The third-order valence-electron chi connectivity index (χ3n) is 3.20. The van der Waals surface area contributed by atoms with Gasteiger partial charge in [-0.15, -0.1) is 0 Å². The van der Waals surface area contributed by atoms with Crippen LogP contribution in [0.15, 0.2) is 67.0 Å². The quantitative estimate of drug-likeness (QED) is 0.694. The molecule has 0 spiro atoms. The van der Waals surface area contributed by atoms with Crippen molar-refractivity contribution in [3.63, 3.8) is 0 Å². The van der Waals surface area contributed by atoms with E-state index < -0.39 is 0 Å². The van der Waals surface area contributed by atoms with Crippen LogP contribution < -0.4 is 5.73 Å². The van der Waals surface area contributed by atoms with Crippen LogP contribution in [0.1, 0.15) is 0 Å². The van der Waals surface area contributed by atoms with Gasteiger partial charge in [0, 0.05) is 28.7 Å². The van der Waals surface area contributed by atoms with Crippen molar-refractivity contribution in [2.45, 2.75) is 0 Å². The third kappa shape index (κ3) is 2.51. The Bertz CT molecular complexity index is 654. The molecule has 1 aromatic heterocycles. The van der Waals surface area contributed by atoms with E-state index in [0.29, 0.717) is 0 Å². The number of nitrogen functional groups attached to an aromatic ring is 1. The molecular formula is C17H13ClN2. The molecule has 3 heteroatoms. The maximum atomic E-state index is 5.95. The van der Waals surface area contributed by atoms with E-state index in [-0.39, 0.29) is 0 Å². The number of hydrogen-bond donors (Lipinski definition) is 1. The van der Waals surface area contributed by atoms with Gasteiger partial charge in [-0.1, -0.05) is 35.9 Å². The molecule has 20 heavy (non-hydrogen) atoms. The van der Waals surface area contributed by atoms with E-state index >= 15 is 0 Å². The lowest BCUT2D eigenvalue weighted by molar-refractivity contribution is 1.33. The number of nitrogens with two attached hydrogens (primary N) is 1. The Balaban J connectivity index is 2.13. The maximum absolute atomic E-state index is 5.95. The third-order valence-corrected chi connectivity index (χ3v) is 3.45. The van der Waals surface area contributed by atoms with Crippen molar-refractivity contribution >= 4 is 17.3 Å². The molecule has 0 bridgehead atoms. The number of nitrogens with zero attached hydrogens (tertiary/aromatic N) is 1. The summed E-state index contributed by atoms with van der Waals surface area (Å²) >= 11 is 5.95. The zero-order valence-electron chi connectivity index (χ0n) is 10.8. The number of anilines is 1. The summed E-state index contributed by atoms with van der Waals surface area (Å²) in [7, 11) is 0. The van der Waals surface area contributed by atoms with Crippen LogP contribution in [0, 0.1) is 0 Å². The normalized spacial score (nSPS) is 10.4. The molecule has 0 aliphatic rings. The molecule has 2 N–H and O–H groups in total. The van der Waals surface area contributed by atoms with E-state index in [9.17, 15) is 0 Å². The predicted molar refractivity (Wildman–Crippen MR) is 84.5 cm³/mol. The Morgan fingerprint density at radius 2 is 1.35 bits per heavy atom. The second-order valence-electron chi connectivity index (χ2n) is 4.55. The van der Waals surface area contributed by atoms with Gasteiger partial charge in [-0.3, -0.25) is 4.98 Å². The lowest BCUT2D eigenvalue weighted by Crippen LogP contribution is -1.88. The zero-order chi connectivity index (χ0) is 13.9. The summed E-state index contributed by atoms with van der Waals surface area (Å²) in [4.78, 5) is 4.23. The smallest absolute Gasteiger partial charge is 0.0406 e. The van der Waals surface area contributed by atoms with Crippen LogP contribution in [0.3, 0.4) is 0 Å². The molecule has 0 radical (unpaired) electrons. The molecule has 2 nitrogen and oxygen atoms in total. The maximum Gasteiger partial charge on any atom is 0.0406 e.